The van der Waals surface area contributed by atoms with Crippen LogP contribution in [0.25, 0.3) is 0 Å². The first-order valence-corrected chi connectivity index (χ1v) is 13.0. The minimum Gasteiger partial charge on any atom is -0.325 e. The van der Waals surface area contributed by atoms with Crippen molar-refractivity contribution in [2.24, 2.45) is 0 Å². The third-order valence-corrected chi connectivity index (χ3v) is 8.15. The van der Waals surface area contributed by atoms with E-state index in [4.69, 9.17) is 0 Å². The summed E-state index contributed by atoms with van der Waals surface area (Å²) in [5.74, 6) is 0.0359. The van der Waals surface area contributed by atoms with Crippen LogP contribution in [0.3, 0.4) is 0 Å². The Labute approximate surface area is 198 Å². The number of amides is 1. The molecule has 1 atom stereocenters. The Kier molecular flexibility index (Phi) is 7.76. The van der Waals surface area contributed by atoms with Crippen LogP contribution in [0.2, 0.25) is 0 Å². The zero-order valence-electron chi connectivity index (χ0n) is 19.0. The van der Waals surface area contributed by atoms with Gasteiger partial charge in [0.1, 0.15) is 0 Å². The molecule has 9 heteroatoms. The van der Waals surface area contributed by atoms with Crippen LogP contribution in [0.5, 0.6) is 0 Å². The van der Waals surface area contributed by atoms with Gasteiger partial charge in [-0.2, -0.15) is 0 Å². The number of aryl methyl sites for hydroxylation is 1. The molecule has 3 rings (SSSR count). The fourth-order valence-corrected chi connectivity index (χ4v) is 5.20. The number of nitrogens with zero attached hydrogens (tertiary/aromatic N) is 1. The number of hydrogen-bond acceptors (Lipinski definition) is 6. The highest BCUT2D eigenvalue weighted by molar-refractivity contribution is 8.00. The summed E-state index contributed by atoms with van der Waals surface area (Å²) < 4.78 is 25.9. The number of thioether (sulfide) groups is 1. The summed E-state index contributed by atoms with van der Waals surface area (Å²) >= 11 is 1.08. The van der Waals surface area contributed by atoms with Crippen LogP contribution in [-0.4, -0.2) is 29.5 Å². The molecule has 0 saturated heterocycles. The lowest BCUT2D eigenvalue weighted by Gasteiger charge is -2.14. The van der Waals surface area contributed by atoms with Crippen LogP contribution in [0.1, 0.15) is 44.2 Å². The number of benzene rings is 2. The SMILES string of the molecule is CC[C@H](Sc1ncc(S(=O)(=O)c2ccc(C(C)C)cc2)c(=O)[nH]1)C(=O)Nc1ccc(C)cc1. The van der Waals surface area contributed by atoms with E-state index in [-0.39, 0.29) is 21.9 Å². The lowest BCUT2D eigenvalue weighted by molar-refractivity contribution is -0.115. The molecule has 0 aliphatic carbocycles. The number of rotatable bonds is 8. The number of aromatic amines is 1. The third-order valence-electron chi connectivity index (χ3n) is 5.13. The number of nitrogens with one attached hydrogen (secondary N) is 2. The van der Waals surface area contributed by atoms with Gasteiger partial charge in [0.2, 0.25) is 15.7 Å². The van der Waals surface area contributed by atoms with Gasteiger partial charge in [-0.1, -0.05) is 62.4 Å². The van der Waals surface area contributed by atoms with Gasteiger partial charge >= 0.3 is 0 Å². The Morgan fingerprint density at radius 1 is 1.09 bits per heavy atom. The molecule has 1 aromatic heterocycles. The zero-order chi connectivity index (χ0) is 24.2. The maximum atomic E-state index is 12.9. The number of aromatic nitrogens is 2. The maximum Gasteiger partial charge on any atom is 0.270 e. The predicted molar refractivity (Wildman–Crippen MR) is 131 cm³/mol. The van der Waals surface area contributed by atoms with Crippen molar-refractivity contribution >= 4 is 33.2 Å². The fourth-order valence-electron chi connectivity index (χ4n) is 3.09. The second-order valence-corrected chi connectivity index (χ2v) is 11.1. The minimum absolute atomic E-state index is 0.0310. The van der Waals surface area contributed by atoms with E-state index in [1.165, 1.54) is 12.1 Å². The Morgan fingerprint density at radius 2 is 1.73 bits per heavy atom. The van der Waals surface area contributed by atoms with E-state index in [0.717, 1.165) is 29.1 Å². The highest BCUT2D eigenvalue weighted by Gasteiger charge is 2.24. The van der Waals surface area contributed by atoms with Gasteiger partial charge in [0.05, 0.1) is 16.3 Å². The number of carbonyl (C=O) groups excluding carboxylic acids is 1. The molecule has 3 aromatic rings. The normalized spacial score (nSPS) is 12.5. The number of anilines is 1. The van der Waals surface area contributed by atoms with Crippen molar-refractivity contribution in [1.29, 1.82) is 0 Å². The number of hydrogen-bond donors (Lipinski definition) is 2. The van der Waals surface area contributed by atoms with Crippen LogP contribution in [0.4, 0.5) is 5.69 Å². The van der Waals surface area contributed by atoms with Gasteiger partial charge in [-0.25, -0.2) is 13.4 Å². The van der Waals surface area contributed by atoms with Crippen molar-refractivity contribution in [1.82, 2.24) is 9.97 Å². The summed E-state index contributed by atoms with van der Waals surface area (Å²) in [5.41, 5.74) is 2.00. The number of H-pyrrole nitrogens is 1. The second-order valence-electron chi connectivity index (χ2n) is 7.98. The first kappa shape index (κ1) is 24.7. The Morgan fingerprint density at radius 3 is 2.27 bits per heavy atom. The van der Waals surface area contributed by atoms with E-state index in [2.05, 4.69) is 15.3 Å². The van der Waals surface area contributed by atoms with E-state index < -0.39 is 25.5 Å². The summed E-state index contributed by atoms with van der Waals surface area (Å²) in [4.78, 5) is 31.5. The van der Waals surface area contributed by atoms with Crippen LogP contribution in [0.15, 0.2) is 74.5 Å². The molecular weight excluding hydrogens is 458 g/mol. The Bertz CT molecular complexity index is 1280. The predicted octanol–water partition coefficient (Wildman–Crippen LogP) is 4.54. The molecule has 0 bridgehead atoms. The van der Waals surface area contributed by atoms with Gasteiger partial charge in [0.15, 0.2) is 10.1 Å². The topological polar surface area (TPSA) is 109 Å². The molecule has 0 saturated carbocycles. The van der Waals surface area contributed by atoms with E-state index in [1.54, 1.807) is 12.1 Å². The molecular formula is C24H27N3O4S2. The summed E-state index contributed by atoms with van der Waals surface area (Å²) in [6.07, 6.45) is 1.55. The molecule has 174 valence electrons. The van der Waals surface area contributed by atoms with Crippen molar-refractivity contribution in [3.63, 3.8) is 0 Å². The van der Waals surface area contributed by atoms with Gasteiger partial charge in [-0.3, -0.25) is 9.59 Å². The van der Waals surface area contributed by atoms with Crippen molar-refractivity contribution < 1.29 is 13.2 Å². The molecule has 0 aliphatic rings. The van der Waals surface area contributed by atoms with Crippen LogP contribution >= 0.6 is 11.8 Å². The number of carbonyl (C=O) groups is 1. The van der Waals surface area contributed by atoms with Gasteiger partial charge in [-0.15, -0.1) is 0 Å². The smallest absolute Gasteiger partial charge is 0.270 e. The van der Waals surface area contributed by atoms with Crippen molar-refractivity contribution in [2.45, 2.75) is 60.2 Å². The van der Waals surface area contributed by atoms with Crippen LogP contribution in [-0.2, 0) is 14.6 Å². The van der Waals surface area contributed by atoms with E-state index in [1.807, 2.05) is 52.0 Å². The summed E-state index contributed by atoms with van der Waals surface area (Å²) in [7, 11) is -4.02. The highest BCUT2D eigenvalue weighted by Crippen LogP contribution is 2.25. The van der Waals surface area contributed by atoms with Gasteiger partial charge < -0.3 is 10.3 Å². The Hall–Kier alpha value is -2.91. The van der Waals surface area contributed by atoms with Gasteiger partial charge in [0, 0.05) is 5.69 Å². The van der Waals surface area contributed by atoms with Crippen LogP contribution < -0.4 is 10.9 Å². The first-order valence-electron chi connectivity index (χ1n) is 10.6. The minimum atomic E-state index is -4.02. The molecule has 0 fully saturated rings. The van der Waals surface area contributed by atoms with E-state index in [9.17, 15) is 18.0 Å². The van der Waals surface area contributed by atoms with Crippen molar-refractivity contribution in [2.75, 3.05) is 5.32 Å². The molecule has 1 amide bonds. The molecule has 0 radical (unpaired) electrons. The van der Waals surface area contributed by atoms with Gasteiger partial charge in [-0.05, 0) is 49.1 Å². The average Bonchev–Trinajstić information content (AvgIpc) is 2.78. The summed E-state index contributed by atoms with van der Waals surface area (Å²) in [5, 5.41) is 2.52. The first-order chi connectivity index (χ1) is 15.6. The lowest BCUT2D eigenvalue weighted by Crippen LogP contribution is -2.26. The maximum absolute atomic E-state index is 12.9. The lowest BCUT2D eigenvalue weighted by atomic mass is 10.0. The van der Waals surface area contributed by atoms with Crippen molar-refractivity contribution in [3.8, 4) is 0 Å². The molecule has 0 aliphatic heterocycles. The van der Waals surface area contributed by atoms with Gasteiger partial charge in [0.25, 0.3) is 5.56 Å². The molecule has 33 heavy (non-hydrogen) atoms. The number of sulfone groups is 1. The van der Waals surface area contributed by atoms with E-state index >= 15 is 0 Å². The second kappa shape index (κ2) is 10.4. The molecule has 0 spiro atoms. The fraction of sp³-hybridized carbons (Fsp3) is 0.292. The largest absolute Gasteiger partial charge is 0.325 e. The Balaban J connectivity index is 1.78. The van der Waals surface area contributed by atoms with E-state index in [0.29, 0.717) is 12.1 Å². The van der Waals surface area contributed by atoms with Crippen molar-refractivity contribution in [3.05, 3.63) is 76.2 Å². The third kappa shape index (κ3) is 5.91. The average molecular weight is 486 g/mol. The quantitative estimate of drug-likeness (QED) is 0.358. The summed E-state index contributed by atoms with van der Waals surface area (Å²) in [6.45, 7) is 7.84. The molecule has 1 heterocycles. The monoisotopic (exact) mass is 485 g/mol. The molecule has 2 N–H and O–H groups in total. The molecule has 2 aromatic carbocycles. The summed E-state index contributed by atoms with van der Waals surface area (Å²) in [6, 6.07) is 13.9. The molecule has 7 nitrogen and oxygen atoms in total. The standard InChI is InChI=1S/C24H27N3O4S2/c1-5-20(22(28)26-18-10-6-16(4)7-11-18)32-24-25-14-21(23(29)27-24)33(30,31)19-12-8-17(9-13-19)15(2)3/h6-15,20H,5H2,1-4H3,(H,26,28)(H,25,27,29)/t20-/m0/s1. The zero-order valence-corrected chi connectivity index (χ0v) is 20.6. The highest BCUT2D eigenvalue weighted by atomic mass is 32.2. The van der Waals surface area contributed by atoms with Crippen LogP contribution in [0, 0.1) is 6.92 Å². The molecule has 0 unspecified atom stereocenters.